The van der Waals surface area contributed by atoms with E-state index in [4.69, 9.17) is 11.5 Å². The van der Waals surface area contributed by atoms with E-state index >= 15 is 0 Å². The van der Waals surface area contributed by atoms with Gasteiger partial charge in [-0.1, -0.05) is 0 Å². The van der Waals surface area contributed by atoms with Crippen molar-refractivity contribution < 1.29 is 49.1 Å². The molecule has 0 spiro atoms. The van der Waals surface area contributed by atoms with Crippen LogP contribution in [0.1, 0.15) is 0 Å². The van der Waals surface area contributed by atoms with E-state index in [1.54, 1.807) is 0 Å². The first-order valence-corrected chi connectivity index (χ1v) is 4.35. The van der Waals surface area contributed by atoms with Crippen molar-refractivity contribution in [2.75, 3.05) is 27.3 Å². The summed E-state index contributed by atoms with van der Waals surface area (Å²) in [6.07, 6.45) is -1.90. The molecule has 0 bridgehead atoms. The molecule has 0 aliphatic rings. The number of nitrogens with one attached hydrogen (secondary N) is 2. The summed E-state index contributed by atoms with van der Waals surface area (Å²) in [5, 5.41) is 5.65. The molecular weight excluding hydrogens is 355 g/mol. The second-order valence-corrected chi connectivity index (χ2v) is 2.30. The molecule has 0 aromatic carbocycles. The van der Waals surface area contributed by atoms with Crippen molar-refractivity contribution >= 4 is 24.0 Å². The van der Waals surface area contributed by atoms with Crippen LogP contribution in [0.5, 0.6) is 0 Å². The third-order valence-corrected chi connectivity index (χ3v) is 1.08. The maximum Gasteiger partial charge on any atom is 0.234 e. The average molecular weight is 367 g/mol. The standard InChI is InChI=1S/2C4H7N2O3.Pd/c2*1-9-4(8)6-3(7)2-5;/h2*5H,2H2,1H3,(H,6,7,8);/q2*-1;/p-2. The first-order valence-electron chi connectivity index (χ1n) is 4.35. The monoisotopic (exact) mass is 366 g/mol. The van der Waals surface area contributed by atoms with Gasteiger partial charge in [0.1, 0.15) is 0 Å². The number of imide groups is 2. The maximum atomic E-state index is 10.1. The van der Waals surface area contributed by atoms with Crippen molar-refractivity contribution in [2.24, 2.45) is 0 Å². The maximum absolute atomic E-state index is 10.1. The molecule has 10 nitrogen and oxygen atoms in total. The Balaban J connectivity index is -0.000000256. The van der Waals surface area contributed by atoms with E-state index in [2.05, 4.69) is 20.1 Å². The Bertz CT molecular complexity index is 254. The number of rotatable bonds is 2. The summed E-state index contributed by atoms with van der Waals surface area (Å²) >= 11 is 0. The van der Waals surface area contributed by atoms with Crippen LogP contribution >= 0.6 is 0 Å². The van der Waals surface area contributed by atoms with Crippen molar-refractivity contribution in [3.05, 3.63) is 22.1 Å². The number of carbonyl (C=O) groups excluding carboxylic acids is 4. The summed E-state index contributed by atoms with van der Waals surface area (Å²) < 4.78 is 8.03. The summed E-state index contributed by atoms with van der Waals surface area (Å²) in [4.78, 5) is 40.4. The van der Waals surface area contributed by atoms with Crippen molar-refractivity contribution in [3.63, 3.8) is 0 Å². The van der Waals surface area contributed by atoms with Crippen LogP contribution in [0.4, 0.5) is 9.59 Å². The fraction of sp³-hybridized carbons (Fsp3) is 0.500. The van der Waals surface area contributed by atoms with Gasteiger partial charge in [-0.2, -0.15) is 0 Å². The van der Waals surface area contributed by atoms with Gasteiger partial charge in [0.25, 0.3) is 0 Å². The topological polar surface area (TPSA) is 163 Å². The van der Waals surface area contributed by atoms with Crippen LogP contribution in [0, 0.1) is 0 Å². The Hall–Kier alpha value is -1.54. The van der Waals surface area contributed by atoms with Gasteiger partial charge >= 0.3 is 0 Å². The Morgan fingerprint density at radius 3 is 1.26 bits per heavy atom. The number of amides is 4. The second-order valence-electron chi connectivity index (χ2n) is 2.30. The van der Waals surface area contributed by atoms with Gasteiger partial charge in [-0.05, 0) is 0 Å². The quantitative estimate of drug-likeness (QED) is 0.670. The summed E-state index contributed by atoms with van der Waals surface area (Å²) in [6.45, 7) is -1.04. The molecule has 11 heteroatoms. The van der Waals surface area contributed by atoms with E-state index < -0.39 is 37.1 Å². The van der Waals surface area contributed by atoms with Gasteiger partial charge < -0.3 is 41.2 Å². The number of carbonyl (C=O) groups is 4. The van der Waals surface area contributed by atoms with Gasteiger partial charge in [0.15, 0.2) is 0 Å². The predicted octanol–water partition coefficient (Wildman–Crippen LogP) is 1.41. The summed E-state index contributed by atoms with van der Waals surface area (Å²) in [5.41, 5.74) is 12.9. The van der Waals surface area contributed by atoms with E-state index in [9.17, 15) is 19.2 Å². The van der Waals surface area contributed by atoms with Crippen molar-refractivity contribution in [3.8, 4) is 0 Å². The molecule has 0 saturated carbocycles. The number of hydrogen-bond donors (Lipinski definition) is 0. The zero-order valence-corrected chi connectivity index (χ0v) is 11.6. The molecule has 2 N–H and O–H groups in total. The normalized spacial score (nSPS) is 7.79. The summed E-state index contributed by atoms with van der Waals surface area (Å²) in [5.74, 6) is -1.58. The van der Waals surface area contributed by atoms with Crippen molar-refractivity contribution in [2.45, 2.75) is 0 Å². The Morgan fingerprint density at radius 2 is 1.11 bits per heavy atom. The zero-order chi connectivity index (χ0) is 14.6. The van der Waals surface area contributed by atoms with E-state index in [0.29, 0.717) is 0 Å². The minimum atomic E-state index is -0.952. The number of hydrogen-bond acceptors (Lipinski definition) is 6. The van der Waals surface area contributed by atoms with E-state index in [0.717, 1.165) is 14.2 Å². The van der Waals surface area contributed by atoms with Gasteiger partial charge in [-0.15, -0.1) is 13.1 Å². The Kier molecular flexibility index (Phi) is 17.3. The Labute approximate surface area is 123 Å². The van der Waals surface area contributed by atoms with E-state index in [1.807, 2.05) is 0 Å². The molecule has 0 rings (SSSR count). The van der Waals surface area contributed by atoms with Crippen LogP contribution in [0.15, 0.2) is 0 Å². The molecule has 0 aromatic rings. The van der Waals surface area contributed by atoms with Gasteiger partial charge in [0, 0.05) is 32.2 Å². The molecule has 0 saturated heterocycles. The van der Waals surface area contributed by atoms with Crippen LogP contribution in [-0.4, -0.2) is 51.3 Å². The van der Waals surface area contributed by atoms with Crippen LogP contribution in [0.25, 0.3) is 22.1 Å². The molecule has 0 unspecified atom stereocenters. The van der Waals surface area contributed by atoms with E-state index in [-0.39, 0.29) is 20.4 Å². The SMILES string of the molecule is COC(=O)[N-]C(=O)C[NH-].COC(=O)[N-]C(=O)C[NH-].[Pd]. The minimum Gasteiger partial charge on any atom is -0.673 e. The zero-order valence-electron chi connectivity index (χ0n) is 10.1. The molecule has 0 aromatic heterocycles. The third kappa shape index (κ3) is 16.5. The minimum absolute atomic E-state index is 0. The summed E-state index contributed by atoms with van der Waals surface area (Å²) in [6, 6.07) is 0. The molecular formula is C8H12N4O6Pd-4. The molecule has 19 heavy (non-hydrogen) atoms. The molecule has 4 amide bonds. The van der Waals surface area contributed by atoms with Gasteiger partial charge in [-0.3, -0.25) is 9.59 Å². The van der Waals surface area contributed by atoms with Gasteiger partial charge in [0.2, 0.25) is 12.2 Å². The van der Waals surface area contributed by atoms with E-state index in [1.165, 1.54) is 0 Å². The van der Waals surface area contributed by atoms with Crippen LogP contribution < -0.4 is 0 Å². The molecule has 0 radical (unpaired) electrons. The first kappa shape index (κ1) is 22.6. The van der Waals surface area contributed by atoms with Crippen molar-refractivity contribution in [1.82, 2.24) is 0 Å². The second kappa shape index (κ2) is 14.5. The van der Waals surface area contributed by atoms with Crippen molar-refractivity contribution in [1.29, 1.82) is 0 Å². The summed E-state index contributed by atoms with van der Waals surface area (Å²) in [7, 11) is 2.23. The first-order chi connectivity index (χ1) is 8.40. The smallest absolute Gasteiger partial charge is 0.234 e. The number of methoxy groups -OCH3 is 2. The number of nitrogens with zero attached hydrogens (tertiary/aromatic N) is 2. The molecule has 0 atom stereocenters. The largest absolute Gasteiger partial charge is 0.673 e. The van der Waals surface area contributed by atoms with Gasteiger partial charge in [0.05, 0.1) is 14.2 Å². The molecule has 0 heterocycles. The third-order valence-electron chi connectivity index (χ3n) is 1.08. The fourth-order valence-electron chi connectivity index (χ4n) is 0.374. The predicted molar refractivity (Wildman–Crippen MR) is 59.9 cm³/mol. The molecule has 0 aliphatic carbocycles. The van der Waals surface area contributed by atoms with Crippen LogP contribution in [0.2, 0.25) is 0 Å². The van der Waals surface area contributed by atoms with Crippen LogP contribution in [0.3, 0.4) is 0 Å². The molecule has 0 aliphatic heterocycles. The fourth-order valence-corrected chi connectivity index (χ4v) is 0.374. The van der Waals surface area contributed by atoms with Gasteiger partial charge in [-0.25, -0.2) is 0 Å². The Morgan fingerprint density at radius 1 is 0.842 bits per heavy atom. The number of ether oxygens (including phenoxy) is 2. The molecule has 0 fully saturated rings. The molecule has 114 valence electrons. The average Bonchev–Trinajstić information content (AvgIpc) is 2.38. The van der Waals surface area contributed by atoms with Crippen LogP contribution in [-0.2, 0) is 39.5 Å².